The van der Waals surface area contributed by atoms with E-state index in [9.17, 15) is 19.2 Å². The molecule has 3 aromatic carbocycles. The molecule has 3 rings (SSSR count). The van der Waals surface area contributed by atoms with Crippen LogP contribution in [-0.2, 0) is 9.59 Å². The molecule has 0 bridgehead atoms. The summed E-state index contributed by atoms with van der Waals surface area (Å²) < 4.78 is 10.6. The summed E-state index contributed by atoms with van der Waals surface area (Å²) in [5.74, 6) is -2.86. The maximum atomic E-state index is 12.4. The first-order valence-electron chi connectivity index (χ1n) is 9.97. The predicted molar refractivity (Wildman–Crippen MR) is 129 cm³/mol. The highest BCUT2D eigenvalue weighted by Crippen LogP contribution is 2.29. The van der Waals surface area contributed by atoms with Gasteiger partial charge in [0.25, 0.3) is 0 Å². The number of hydrogen-bond donors (Lipinski definition) is 3. The Morgan fingerprint density at radius 1 is 0.943 bits per heavy atom. The molecule has 0 atom stereocenters. The van der Waals surface area contributed by atoms with E-state index in [-0.39, 0.29) is 27.6 Å². The summed E-state index contributed by atoms with van der Waals surface area (Å²) in [6, 6.07) is 16.7. The Bertz CT molecular complexity index is 1310. The lowest BCUT2D eigenvalue weighted by Gasteiger charge is -2.10. The van der Waals surface area contributed by atoms with Crippen LogP contribution in [0.2, 0.25) is 5.02 Å². The van der Waals surface area contributed by atoms with E-state index in [0.29, 0.717) is 11.3 Å². The molecule has 3 amide bonds. The quantitative estimate of drug-likeness (QED) is 0.151. The van der Waals surface area contributed by atoms with Crippen molar-refractivity contribution in [3.63, 3.8) is 0 Å². The van der Waals surface area contributed by atoms with Crippen molar-refractivity contribution in [2.24, 2.45) is 10.8 Å². The van der Waals surface area contributed by atoms with Crippen LogP contribution in [0, 0.1) is 0 Å². The Kier molecular flexibility index (Phi) is 8.15. The standard InChI is InChI=1S/C24H19ClN4O6/c1-34-20-12-14(6-11-19(20)35-24(33)17-4-2-3-5-18(17)25)13-27-29-23(32)22(31)28-16-9-7-15(8-10-16)21(26)30/h2-13H,1H3,(H2,26,30)(H,28,31)(H,29,32). The number of hydrazone groups is 1. The SMILES string of the molecule is COc1cc(C=NNC(=O)C(=O)Nc2ccc(C(N)=O)cc2)ccc1OC(=O)c1ccccc1Cl. The van der Waals surface area contributed by atoms with Crippen LogP contribution < -0.4 is 25.9 Å². The Morgan fingerprint density at radius 3 is 2.31 bits per heavy atom. The number of nitrogens with one attached hydrogen (secondary N) is 2. The molecule has 0 saturated heterocycles. The van der Waals surface area contributed by atoms with Crippen LogP contribution >= 0.6 is 11.6 Å². The average molecular weight is 495 g/mol. The van der Waals surface area contributed by atoms with Crippen molar-refractivity contribution in [1.29, 1.82) is 0 Å². The van der Waals surface area contributed by atoms with Crippen molar-refractivity contribution < 1.29 is 28.7 Å². The molecule has 0 unspecified atom stereocenters. The molecule has 0 fully saturated rings. The van der Waals surface area contributed by atoms with Crippen LogP contribution in [0.15, 0.2) is 71.8 Å². The molecule has 35 heavy (non-hydrogen) atoms. The summed E-state index contributed by atoms with van der Waals surface area (Å²) in [6.45, 7) is 0. The van der Waals surface area contributed by atoms with Gasteiger partial charge in [0.05, 0.1) is 23.9 Å². The molecular formula is C24H19ClN4O6. The van der Waals surface area contributed by atoms with Crippen LogP contribution in [0.4, 0.5) is 5.69 Å². The van der Waals surface area contributed by atoms with Gasteiger partial charge in [-0.1, -0.05) is 23.7 Å². The minimum absolute atomic E-state index is 0.153. The third-order valence-corrected chi connectivity index (χ3v) is 4.83. The minimum Gasteiger partial charge on any atom is -0.493 e. The molecule has 0 saturated carbocycles. The van der Waals surface area contributed by atoms with Gasteiger partial charge >= 0.3 is 17.8 Å². The van der Waals surface area contributed by atoms with Crippen molar-refractivity contribution in [2.75, 3.05) is 12.4 Å². The third kappa shape index (κ3) is 6.65. The van der Waals surface area contributed by atoms with Gasteiger partial charge in [0, 0.05) is 11.3 Å². The van der Waals surface area contributed by atoms with Gasteiger partial charge in [-0.15, -0.1) is 0 Å². The Labute approximate surface area is 204 Å². The summed E-state index contributed by atoms with van der Waals surface area (Å²) in [5.41, 5.74) is 8.50. The molecule has 0 aliphatic carbocycles. The lowest BCUT2D eigenvalue weighted by molar-refractivity contribution is -0.136. The zero-order valence-electron chi connectivity index (χ0n) is 18.3. The Hall–Kier alpha value is -4.70. The number of hydrogen-bond acceptors (Lipinski definition) is 7. The van der Waals surface area contributed by atoms with Gasteiger partial charge in [-0.3, -0.25) is 14.4 Å². The van der Waals surface area contributed by atoms with E-state index in [2.05, 4.69) is 15.8 Å². The number of carbonyl (C=O) groups excluding carboxylic acids is 4. The van der Waals surface area contributed by atoms with Gasteiger partial charge in [-0.2, -0.15) is 5.10 Å². The normalized spacial score (nSPS) is 10.5. The fourth-order valence-electron chi connectivity index (χ4n) is 2.75. The van der Waals surface area contributed by atoms with Crippen molar-refractivity contribution in [2.45, 2.75) is 0 Å². The van der Waals surface area contributed by atoms with Crippen molar-refractivity contribution in [1.82, 2.24) is 5.43 Å². The lowest BCUT2D eigenvalue weighted by atomic mass is 10.2. The first-order valence-corrected chi connectivity index (χ1v) is 10.3. The second-order valence-corrected chi connectivity index (χ2v) is 7.28. The van der Waals surface area contributed by atoms with Crippen LogP contribution in [-0.4, -0.2) is 37.0 Å². The van der Waals surface area contributed by atoms with Crippen molar-refractivity contribution in [3.8, 4) is 11.5 Å². The molecule has 4 N–H and O–H groups in total. The van der Waals surface area contributed by atoms with Crippen molar-refractivity contribution >= 4 is 47.2 Å². The topological polar surface area (TPSA) is 149 Å². The van der Waals surface area contributed by atoms with Crippen LogP contribution in [0.1, 0.15) is 26.3 Å². The van der Waals surface area contributed by atoms with E-state index in [1.165, 1.54) is 55.8 Å². The maximum Gasteiger partial charge on any atom is 0.345 e. The molecular weight excluding hydrogens is 476 g/mol. The minimum atomic E-state index is -1.02. The fourth-order valence-corrected chi connectivity index (χ4v) is 2.97. The summed E-state index contributed by atoms with van der Waals surface area (Å²) in [6.07, 6.45) is 1.27. The zero-order valence-corrected chi connectivity index (χ0v) is 19.0. The predicted octanol–water partition coefficient (Wildman–Crippen LogP) is 2.76. The number of ether oxygens (including phenoxy) is 2. The molecule has 0 radical (unpaired) electrons. The summed E-state index contributed by atoms with van der Waals surface area (Å²) >= 11 is 6.02. The molecule has 10 nitrogen and oxygen atoms in total. The number of carbonyl (C=O) groups is 4. The Balaban J connectivity index is 1.59. The number of anilines is 1. The largest absolute Gasteiger partial charge is 0.493 e. The summed E-state index contributed by atoms with van der Waals surface area (Å²) in [7, 11) is 1.39. The number of rotatable bonds is 7. The smallest absolute Gasteiger partial charge is 0.345 e. The molecule has 178 valence electrons. The molecule has 0 aliphatic heterocycles. The monoisotopic (exact) mass is 494 g/mol. The highest BCUT2D eigenvalue weighted by Gasteiger charge is 2.16. The third-order valence-electron chi connectivity index (χ3n) is 4.50. The van der Waals surface area contributed by atoms with Gasteiger partial charge < -0.3 is 20.5 Å². The van der Waals surface area contributed by atoms with E-state index < -0.39 is 23.7 Å². The van der Waals surface area contributed by atoms with Gasteiger partial charge in [0.1, 0.15) is 0 Å². The van der Waals surface area contributed by atoms with Crippen LogP contribution in [0.3, 0.4) is 0 Å². The van der Waals surface area contributed by atoms with Gasteiger partial charge in [-0.05, 0) is 60.2 Å². The van der Waals surface area contributed by atoms with E-state index in [4.69, 9.17) is 26.8 Å². The number of nitrogens with zero attached hydrogens (tertiary/aromatic N) is 1. The number of primary amides is 1. The number of benzene rings is 3. The van der Waals surface area contributed by atoms with Crippen LogP contribution in [0.5, 0.6) is 11.5 Å². The number of halogens is 1. The zero-order chi connectivity index (χ0) is 25.4. The first-order chi connectivity index (χ1) is 16.8. The van der Waals surface area contributed by atoms with E-state index in [1.807, 2.05) is 0 Å². The molecule has 0 aliphatic rings. The lowest BCUT2D eigenvalue weighted by Crippen LogP contribution is -2.32. The maximum absolute atomic E-state index is 12.4. The second kappa shape index (κ2) is 11.4. The van der Waals surface area contributed by atoms with Gasteiger partial charge in [0.2, 0.25) is 5.91 Å². The number of methoxy groups -OCH3 is 1. The van der Waals surface area contributed by atoms with Crippen LogP contribution in [0.25, 0.3) is 0 Å². The fraction of sp³-hybridized carbons (Fsp3) is 0.0417. The van der Waals surface area contributed by atoms with Gasteiger partial charge in [-0.25, -0.2) is 10.2 Å². The number of esters is 1. The summed E-state index contributed by atoms with van der Waals surface area (Å²) in [5, 5.41) is 6.35. The molecule has 0 heterocycles. The molecule has 11 heteroatoms. The number of amides is 3. The average Bonchev–Trinajstić information content (AvgIpc) is 2.85. The van der Waals surface area contributed by atoms with E-state index in [1.54, 1.807) is 24.3 Å². The van der Waals surface area contributed by atoms with Gasteiger partial charge in [0.15, 0.2) is 11.5 Å². The number of nitrogens with two attached hydrogens (primary N) is 1. The van der Waals surface area contributed by atoms with Crippen molar-refractivity contribution in [3.05, 3.63) is 88.4 Å². The highest BCUT2D eigenvalue weighted by molar-refractivity contribution is 6.39. The first kappa shape index (κ1) is 24.9. The summed E-state index contributed by atoms with van der Waals surface area (Å²) in [4.78, 5) is 47.4. The highest BCUT2D eigenvalue weighted by atomic mass is 35.5. The molecule has 3 aromatic rings. The van der Waals surface area contributed by atoms with E-state index >= 15 is 0 Å². The second-order valence-electron chi connectivity index (χ2n) is 6.87. The Morgan fingerprint density at radius 2 is 1.66 bits per heavy atom. The van der Waals surface area contributed by atoms with E-state index in [0.717, 1.165) is 0 Å². The molecule has 0 spiro atoms. The molecule has 0 aromatic heterocycles.